The maximum absolute atomic E-state index is 3.75. The van der Waals surface area contributed by atoms with E-state index in [-0.39, 0.29) is 0 Å². The van der Waals surface area contributed by atoms with Crippen molar-refractivity contribution in [3.05, 3.63) is 108 Å². The molecule has 3 aromatic carbocycles. The van der Waals surface area contributed by atoms with Crippen LogP contribution in [0.5, 0.6) is 0 Å². The van der Waals surface area contributed by atoms with E-state index < -0.39 is 0 Å². The molecule has 4 rings (SSSR count). The molecule has 126 valence electrons. The van der Waals surface area contributed by atoms with Gasteiger partial charge in [-0.2, -0.15) is 0 Å². The maximum atomic E-state index is 3.75. The SMILES string of the molecule is c1ccc(CN[C@@H]2C(c3ccccc3)[C@@H]2NCc2ccccc2)cc1. The fraction of sp³-hybridized carbons (Fsp3) is 0.217. The summed E-state index contributed by atoms with van der Waals surface area (Å²) >= 11 is 0. The second kappa shape index (κ2) is 7.64. The van der Waals surface area contributed by atoms with Crippen LogP contribution in [-0.4, -0.2) is 12.1 Å². The molecule has 2 N–H and O–H groups in total. The zero-order valence-electron chi connectivity index (χ0n) is 14.3. The van der Waals surface area contributed by atoms with E-state index >= 15 is 0 Å². The van der Waals surface area contributed by atoms with Crippen LogP contribution in [-0.2, 0) is 13.1 Å². The molecule has 25 heavy (non-hydrogen) atoms. The average Bonchev–Trinajstić information content (AvgIpc) is 3.40. The van der Waals surface area contributed by atoms with Crippen molar-refractivity contribution in [2.45, 2.75) is 31.1 Å². The van der Waals surface area contributed by atoms with Gasteiger partial charge in [-0.05, 0) is 16.7 Å². The van der Waals surface area contributed by atoms with E-state index in [1.54, 1.807) is 0 Å². The fourth-order valence-electron chi connectivity index (χ4n) is 3.57. The van der Waals surface area contributed by atoms with E-state index in [0.717, 1.165) is 13.1 Å². The first-order valence-electron chi connectivity index (χ1n) is 9.01. The molecular weight excluding hydrogens is 304 g/mol. The standard InChI is InChI=1S/C23H24N2/c1-4-10-18(11-5-1)16-24-22-21(20-14-8-3-9-15-20)23(22)25-17-19-12-6-2-7-13-19/h1-15,21-25H,16-17H2/t21?,22-,23+. The van der Waals surface area contributed by atoms with Crippen LogP contribution in [0.2, 0.25) is 0 Å². The summed E-state index contributed by atoms with van der Waals surface area (Å²) in [4.78, 5) is 0. The highest BCUT2D eigenvalue weighted by molar-refractivity contribution is 5.34. The third kappa shape index (κ3) is 3.98. The summed E-state index contributed by atoms with van der Waals surface area (Å²) in [6.45, 7) is 1.83. The highest BCUT2D eigenvalue weighted by Gasteiger charge is 2.50. The molecule has 0 spiro atoms. The molecule has 1 aliphatic rings. The second-order valence-electron chi connectivity index (χ2n) is 6.72. The average molecular weight is 328 g/mol. The molecule has 0 amide bonds. The van der Waals surface area contributed by atoms with Crippen molar-refractivity contribution in [1.29, 1.82) is 0 Å². The van der Waals surface area contributed by atoms with Gasteiger partial charge in [0.05, 0.1) is 0 Å². The molecule has 0 saturated heterocycles. The highest BCUT2D eigenvalue weighted by atomic mass is 15.1. The van der Waals surface area contributed by atoms with E-state index in [2.05, 4.69) is 102 Å². The van der Waals surface area contributed by atoms with Crippen LogP contribution in [0.25, 0.3) is 0 Å². The first-order valence-corrected chi connectivity index (χ1v) is 9.01. The largest absolute Gasteiger partial charge is 0.308 e. The summed E-state index contributed by atoms with van der Waals surface area (Å²) in [5, 5.41) is 7.49. The van der Waals surface area contributed by atoms with Gasteiger partial charge in [0, 0.05) is 31.1 Å². The van der Waals surface area contributed by atoms with Gasteiger partial charge in [-0.15, -0.1) is 0 Å². The van der Waals surface area contributed by atoms with Gasteiger partial charge in [0.15, 0.2) is 0 Å². The molecule has 0 heterocycles. The van der Waals surface area contributed by atoms with Gasteiger partial charge in [-0.1, -0.05) is 91.0 Å². The lowest BCUT2D eigenvalue weighted by atomic mass is 10.1. The second-order valence-corrected chi connectivity index (χ2v) is 6.72. The van der Waals surface area contributed by atoms with Crippen molar-refractivity contribution in [2.24, 2.45) is 0 Å². The first-order chi connectivity index (χ1) is 12.4. The van der Waals surface area contributed by atoms with E-state index in [1.165, 1.54) is 16.7 Å². The van der Waals surface area contributed by atoms with Gasteiger partial charge < -0.3 is 10.6 Å². The molecule has 0 bridgehead atoms. The first kappa shape index (κ1) is 16.1. The van der Waals surface area contributed by atoms with Crippen molar-refractivity contribution in [3.63, 3.8) is 0 Å². The Balaban J connectivity index is 1.41. The minimum atomic E-state index is 0.478. The van der Waals surface area contributed by atoms with Crippen LogP contribution in [0.3, 0.4) is 0 Å². The van der Waals surface area contributed by atoms with Gasteiger partial charge >= 0.3 is 0 Å². The number of rotatable bonds is 7. The van der Waals surface area contributed by atoms with E-state index in [1.807, 2.05) is 0 Å². The van der Waals surface area contributed by atoms with Gasteiger partial charge in [0.1, 0.15) is 0 Å². The van der Waals surface area contributed by atoms with Crippen LogP contribution in [0.1, 0.15) is 22.6 Å². The van der Waals surface area contributed by atoms with Crippen molar-refractivity contribution in [3.8, 4) is 0 Å². The van der Waals surface area contributed by atoms with Gasteiger partial charge in [0.25, 0.3) is 0 Å². The third-order valence-electron chi connectivity index (χ3n) is 4.97. The molecule has 3 aromatic rings. The Hall–Kier alpha value is -2.42. The molecule has 2 heteroatoms. The Labute approximate surface area is 149 Å². The minimum Gasteiger partial charge on any atom is -0.308 e. The molecule has 1 saturated carbocycles. The normalized spacial score (nSPS) is 21.8. The van der Waals surface area contributed by atoms with Crippen molar-refractivity contribution in [2.75, 3.05) is 0 Å². The summed E-state index contributed by atoms with van der Waals surface area (Å²) < 4.78 is 0. The van der Waals surface area contributed by atoms with E-state index in [0.29, 0.717) is 18.0 Å². The molecule has 3 atom stereocenters. The van der Waals surface area contributed by atoms with Gasteiger partial charge in [-0.25, -0.2) is 0 Å². The minimum absolute atomic E-state index is 0.478. The summed E-state index contributed by atoms with van der Waals surface area (Å²) in [6, 6.07) is 33.1. The predicted octanol–water partition coefficient (Wildman–Crippen LogP) is 4.10. The Bertz CT molecular complexity index is 721. The predicted molar refractivity (Wildman–Crippen MR) is 103 cm³/mol. The zero-order valence-corrected chi connectivity index (χ0v) is 14.3. The summed E-state index contributed by atoms with van der Waals surface area (Å²) in [7, 11) is 0. The molecule has 1 unspecified atom stereocenters. The Morgan fingerprint density at radius 1 is 0.520 bits per heavy atom. The van der Waals surface area contributed by atoms with Crippen LogP contribution in [0.15, 0.2) is 91.0 Å². The van der Waals surface area contributed by atoms with Crippen molar-refractivity contribution in [1.82, 2.24) is 10.6 Å². The van der Waals surface area contributed by atoms with E-state index in [9.17, 15) is 0 Å². The van der Waals surface area contributed by atoms with Gasteiger partial charge in [0.2, 0.25) is 0 Å². The zero-order chi connectivity index (χ0) is 16.9. The fourth-order valence-corrected chi connectivity index (χ4v) is 3.57. The number of hydrogen-bond acceptors (Lipinski definition) is 2. The molecule has 0 aliphatic heterocycles. The molecule has 2 nitrogen and oxygen atoms in total. The quantitative estimate of drug-likeness (QED) is 0.682. The van der Waals surface area contributed by atoms with Gasteiger partial charge in [-0.3, -0.25) is 0 Å². The lowest BCUT2D eigenvalue weighted by Crippen LogP contribution is -2.26. The summed E-state index contributed by atoms with van der Waals surface area (Å²) in [5.74, 6) is 0.536. The Morgan fingerprint density at radius 3 is 1.36 bits per heavy atom. The Kier molecular flexibility index (Phi) is 4.91. The monoisotopic (exact) mass is 328 g/mol. The number of nitrogens with one attached hydrogen (secondary N) is 2. The van der Waals surface area contributed by atoms with Crippen LogP contribution < -0.4 is 10.6 Å². The van der Waals surface area contributed by atoms with Crippen molar-refractivity contribution < 1.29 is 0 Å². The highest BCUT2D eigenvalue weighted by Crippen LogP contribution is 2.41. The van der Waals surface area contributed by atoms with Crippen molar-refractivity contribution >= 4 is 0 Å². The summed E-state index contributed by atoms with van der Waals surface area (Å²) in [5.41, 5.74) is 4.09. The lowest BCUT2D eigenvalue weighted by Gasteiger charge is -2.06. The molecular formula is C23H24N2. The molecule has 0 aromatic heterocycles. The maximum Gasteiger partial charge on any atom is 0.0315 e. The smallest absolute Gasteiger partial charge is 0.0315 e. The number of benzene rings is 3. The Morgan fingerprint density at radius 2 is 0.920 bits per heavy atom. The molecule has 1 aliphatic carbocycles. The lowest BCUT2D eigenvalue weighted by molar-refractivity contribution is 0.604. The molecule has 0 radical (unpaired) electrons. The third-order valence-corrected chi connectivity index (χ3v) is 4.97. The van der Waals surface area contributed by atoms with Crippen LogP contribution in [0, 0.1) is 0 Å². The topological polar surface area (TPSA) is 24.1 Å². The molecule has 1 fully saturated rings. The van der Waals surface area contributed by atoms with Crippen LogP contribution in [0.4, 0.5) is 0 Å². The van der Waals surface area contributed by atoms with E-state index in [4.69, 9.17) is 0 Å². The number of hydrogen-bond donors (Lipinski definition) is 2. The van der Waals surface area contributed by atoms with Crippen LogP contribution >= 0.6 is 0 Å². The summed E-state index contributed by atoms with van der Waals surface area (Å²) in [6.07, 6.45) is 0.